The lowest BCUT2D eigenvalue weighted by atomic mass is 9.87. The molecule has 1 aliphatic heterocycles. The number of hydrogen-bond acceptors (Lipinski definition) is 3. The van der Waals surface area contributed by atoms with Crippen molar-refractivity contribution < 1.29 is 19.4 Å². The lowest BCUT2D eigenvalue weighted by molar-refractivity contribution is -0.137. The van der Waals surface area contributed by atoms with Crippen molar-refractivity contribution in [3.63, 3.8) is 0 Å². The topological polar surface area (TPSA) is 55.8 Å². The number of ether oxygens (including phenoxy) is 2. The van der Waals surface area contributed by atoms with E-state index in [1.807, 2.05) is 6.07 Å². The van der Waals surface area contributed by atoms with E-state index in [-0.39, 0.29) is 11.8 Å². The third-order valence-corrected chi connectivity index (χ3v) is 4.54. The van der Waals surface area contributed by atoms with E-state index in [0.717, 1.165) is 43.8 Å². The molecule has 1 unspecified atom stereocenters. The second-order valence-corrected chi connectivity index (χ2v) is 5.87. The van der Waals surface area contributed by atoms with Crippen LogP contribution < -0.4 is 4.74 Å². The van der Waals surface area contributed by atoms with Gasteiger partial charge in [0.25, 0.3) is 0 Å². The van der Waals surface area contributed by atoms with E-state index in [9.17, 15) is 4.79 Å². The molecule has 1 heterocycles. The van der Waals surface area contributed by atoms with Crippen molar-refractivity contribution in [1.29, 1.82) is 0 Å². The molecule has 1 aromatic rings. The number of aliphatic carboxylic acids is 1. The van der Waals surface area contributed by atoms with Gasteiger partial charge in [-0.3, -0.25) is 4.79 Å². The van der Waals surface area contributed by atoms with Crippen molar-refractivity contribution in [2.75, 3.05) is 20.3 Å². The molecule has 20 heavy (non-hydrogen) atoms. The average molecular weight is 276 g/mol. The molecule has 0 amide bonds. The first-order valence-corrected chi connectivity index (χ1v) is 7.12. The molecule has 4 heteroatoms. The Kier molecular flexibility index (Phi) is 3.42. The molecule has 1 atom stereocenters. The molecular formula is C16H20O4. The number of hydrogen-bond donors (Lipinski definition) is 1. The van der Waals surface area contributed by atoms with Crippen LogP contribution in [0.2, 0.25) is 0 Å². The van der Waals surface area contributed by atoms with Gasteiger partial charge in [0.15, 0.2) is 0 Å². The van der Waals surface area contributed by atoms with Crippen LogP contribution in [-0.2, 0) is 14.9 Å². The number of methoxy groups -OCH3 is 1. The van der Waals surface area contributed by atoms with Crippen LogP contribution in [0.1, 0.15) is 42.7 Å². The van der Waals surface area contributed by atoms with Crippen molar-refractivity contribution in [2.24, 2.45) is 0 Å². The maximum absolute atomic E-state index is 11.1. The maximum Gasteiger partial charge on any atom is 0.304 e. The van der Waals surface area contributed by atoms with Gasteiger partial charge in [0.2, 0.25) is 0 Å². The number of carboxylic acid groups (broad SMARTS) is 1. The summed E-state index contributed by atoms with van der Waals surface area (Å²) in [6, 6.07) is 6.21. The van der Waals surface area contributed by atoms with E-state index < -0.39 is 5.97 Å². The number of carboxylic acids is 1. The highest BCUT2D eigenvalue weighted by atomic mass is 16.5. The fourth-order valence-corrected chi connectivity index (χ4v) is 3.17. The third-order valence-electron chi connectivity index (χ3n) is 4.54. The van der Waals surface area contributed by atoms with Crippen molar-refractivity contribution in [3.05, 3.63) is 29.3 Å². The minimum atomic E-state index is -0.737. The molecule has 108 valence electrons. The normalized spacial score (nSPS) is 23.6. The number of benzene rings is 1. The minimum absolute atomic E-state index is 0.188. The van der Waals surface area contributed by atoms with Gasteiger partial charge in [0.1, 0.15) is 5.75 Å². The number of carbonyl (C=O) groups is 1. The molecular weight excluding hydrogens is 256 g/mol. The summed E-state index contributed by atoms with van der Waals surface area (Å²) in [4.78, 5) is 11.1. The summed E-state index contributed by atoms with van der Waals surface area (Å²) in [5.41, 5.74) is 2.09. The van der Waals surface area contributed by atoms with Gasteiger partial charge in [0.05, 0.1) is 20.1 Å². The molecule has 2 aliphatic rings. The summed E-state index contributed by atoms with van der Waals surface area (Å²) in [7, 11) is 1.65. The maximum atomic E-state index is 11.1. The Bertz CT molecular complexity index is 513. The molecule has 1 aromatic carbocycles. The van der Waals surface area contributed by atoms with E-state index in [4.69, 9.17) is 14.6 Å². The lowest BCUT2D eigenvalue weighted by Crippen LogP contribution is -2.15. The zero-order valence-corrected chi connectivity index (χ0v) is 11.7. The first-order valence-electron chi connectivity index (χ1n) is 7.12. The van der Waals surface area contributed by atoms with Gasteiger partial charge in [-0.15, -0.1) is 0 Å². The zero-order valence-electron chi connectivity index (χ0n) is 11.7. The average Bonchev–Trinajstić information content (AvgIpc) is 3.01. The van der Waals surface area contributed by atoms with E-state index in [0.29, 0.717) is 5.92 Å². The summed E-state index contributed by atoms with van der Waals surface area (Å²) in [6.45, 7) is 1.57. The Balaban J connectivity index is 1.95. The molecule has 3 rings (SSSR count). The molecule has 1 N–H and O–H groups in total. The van der Waals surface area contributed by atoms with Gasteiger partial charge < -0.3 is 14.6 Å². The first-order chi connectivity index (χ1) is 9.64. The van der Waals surface area contributed by atoms with Gasteiger partial charge in [-0.25, -0.2) is 0 Å². The van der Waals surface area contributed by atoms with Gasteiger partial charge in [0, 0.05) is 23.5 Å². The minimum Gasteiger partial charge on any atom is -0.496 e. The number of rotatable bonds is 5. The fourth-order valence-electron chi connectivity index (χ4n) is 3.17. The van der Waals surface area contributed by atoms with Gasteiger partial charge in [-0.05, 0) is 30.9 Å². The second-order valence-electron chi connectivity index (χ2n) is 5.87. The fraction of sp³-hybridized carbons (Fsp3) is 0.562. The predicted molar refractivity (Wildman–Crippen MR) is 74.3 cm³/mol. The van der Waals surface area contributed by atoms with Crippen LogP contribution in [0.3, 0.4) is 0 Å². The summed E-state index contributed by atoms with van der Waals surface area (Å²) >= 11 is 0. The van der Waals surface area contributed by atoms with Crippen LogP contribution in [0.15, 0.2) is 18.2 Å². The van der Waals surface area contributed by atoms with Crippen molar-refractivity contribution in [2.45, 2.75) is 37.0 Å². The SMILES string of the molecule is COc1ccc(C2CCOC2)cc1C1(CC(=O)O)CC1. The van der Waals surface area contributed by atoms with Crippen LogP contribution in [0, 0.1) is 0 Å². The highest BCUT2D eigenvalue weighted by Crippen LogP contribution is 2.54. The Labute approximate surface area is 118 Å². The van der Waals surface area contributed by atoms with Crippen LogP contribution in [0.5, 0.6) is 5.75 Å². The Morgan fingerprint density at radius 1 is 1.50 bits per heavy atom. The second kappa shape index (κ2) is 5.09. The quantitative estimate of drug-likeness (QED) is 0.898. The first kappa shape index (κ1) is 13.4. The van der Waals surface area contributed by atoms with Gasteiger partial charge in [-0.1, -0.05) is 12.1 Å². The largest absolute Gasteiger partial charge is 0.496 e. The predicted octanol–water partition coefficient (Wildman–Crippen LogP) is 2.71. The highest BCUT2D eigenvalue weighted by molar-refractivity contribution is 5.70. The van der Waals surface area contributed by atoms with Crippen molar-refractivity contribution in [1.82, 2.24) is 0 Å². The van der Waals surface area contributed by atoms with Crippen LogP contribution >= 0.6 is 0 Å². The monoisotopic (exact) mass is 276 g/mol. The van der Waals surface area contributed by atoms with Gasteiger partial charge >= 0.3 is 5.97 Å². The van der Waals surface area contributed by atoms with E-state index >= 15 is 0 Å². The Hall–Kier alpha value is -1.55. The standard InChI is InChI=1S/C16H20O4/c1-19-14-3-2-11(12-4-7-20-10-12)8-13(14)16(5-6-16)9-15(17)18/h2-3,8,12H,4-7,9-10H2,1H3,(H,17,18). The molecule has 2 fully saturated rings. The summed E-state index contributed by atoms with van der Waals surface area (Å²) in [5.74, 6) is 0.505. The molecule has 4 nitrogen and oxygen atoms in total. The van der Waals surface area contributed by atoms with Gasteiger partial charge in [-0.2, -0.15) is 0 Å². The zero-order chi connectivity index (χ0) is 14.2. The highest BCUT2D eigenvalue weighted by Gasteiger charge is 2.48. The van der Waals surface area contributed by atoms with E-state index in [1.54, 1.807) is 7.11 Å². The molecule has 1 aliphatic carbocycles. The molecule has 0 bridgehead atoms. The third kappa shape index (κ3) is 2.40. The molecule has 1 saturated carbocycles. The summed E-state index contributed by atoms with van der Waals surface area (Å²) in [6.07, 6.45) is 3.09. The van der Waals surface area contributed by atoms with Crippen LogP contribution in [-0.4, -0.2) is 31.4 Å². The molecule has 1 saturated heterocycles. The smallest absolute Gasteiger partial charge is 0.304 e. The van der Waals surface area contributed by atoms with Crippen molar-refractivity contribution in [3.8, 4) is 5.75 Å². The summed E-state index contributed by atoms with van der Waals surface area (Å²) < 4.78 is 10.9. The van der Waals surface area contributed by atoms with Crippen molar-refractivity contribution >= 4 is 5.97 Å². The van der Waals surface area contributed by atoms with E-state index in [1.165, 1.54) is 5.56 Å². The van der Waals surface area contributed by atoms with Crippen LogP contribution in [0.4, 0.5) is 0 Å². The Morgan fingerprint density at radius 2 is 2.30 bits per heavy atom. The molecule has 0 radical (unpaired) electrons. The summed E-state index contributed by atoms with van der Waals surface area (Å²) in [5, 5.41) is 9.13. The van der Waals surface area contributed by atoms with E-state index in [2.05, 4.69) is 12.1 Å². The molecule has 0 aromatic heterocycles. The molecule has 0 spiro atoms. The Morgan fingerprint density at radius 3 is 2.85 bits per heavy atom. The lowest BCUT2D eigenvalue weighted by Gasteiger charge is -2.20. The van der Waals surface area contributed by atoms with Crippen LogP contribution in [0.25, 0.3) is 0 Å².